The first-order valence-electron chi connectivity index (χ1n) is 16.2. The molecule has 0 atom stereocenters. The Morgan fingerprint density at radius 1 is 0.735 bits per heavy atom. The van der Waals surface area contributed by atoms with Gasteiger partial charge >= 0.3 is 5.91 Å². The number of benzene rings is 4. The van der Waals surface area contributed by atoms with Crippen LogP contribution >= 0.6 is 35.3 Å². The Balaban J connectivity index is 0.00000417. The lowest BCUT2D eigenvalue weighted by atomic mass is 10.0. The summed E-state index contributed by atoms with van der Waals surface area (Å²) in [5.41, 5.74) is 6.70. The van der Waals surface area contributed by atoms with Crippen LogP contribution in [0, 0.1) is 0 Å². The van der Waals surface area contributed by atoms with Gasteiger partial charge in [-0.2, -0.15) is 0 Å². The van der Waals surface area contributed by atoms with Crippen LogP contribution in [0.15, 0.2) is 160 Å². The molecule has 0 N–H and O–H groups in total. The molecule has 4 nitrogen and oxygen atoms in total. The Morgan fingerprint density at radius 2 is 1.35 bits per heavy atom. The maximum Gasteiger partial charge on any atom is 0.428 e. The lowest BCUT2D eigenvalue weighted by Gasteiger charge is -2.21. The molecule has 1 amide bonds. The van der Waals surface area contributed by atoms with E-state index in [1.165, 1.54) is 32.3 Å². The Morgan fingerprint density at radius 3 is 2.00 bits per heavy atom. The number of thioether (sulfide) groups is 3. The smallest absolute Gasteiger partial charge is 0.428 e. The van der Waals surface area contributed by atoms with Gasteiger partial charge in [-0.25, -0.2) is 4.79 Å². The molecule has 3 aliphatic heterocycles. The van der Waals surface area contributed by atoms with Crippen LogP contribution in [-0.2, 0) is 4.79 Å². The van der Waals surface area contributed by atoms with E-state index in [0.29, 0.717) is 6.54 Å². The molecule has 0 radical (unpaired) electrons. The van der Waals surface area contributed by atoms with E-state index in [-0.39, 0.29) is 29.9 Å². The van der Waals surface area contributed by atoms with Gasteiger partial charge in [0.05, 0.1) is 21.4 Å². The number of halogens is 1. The van der Waals surface area contributed by atoms with Gasteiger partial charge in [-0.3, -0.25) is 0 Å². The highest BCUT2D eigenvalue weighted by Crippen LogP contribution is 2.51. The summed E-state index contributed by atoms with van der Waals surface area (Å²) in [6, 6.07) is 40.0. The van der Waals surface area contributed by atoms with Gasteiger partial charge in [0.1, 0.15) is 4.91 Å². The van der Waals surface area contributed by atoms with E-state index in [1.54, 1.807) is 35.3 Å². The molecule has 8 heteroatoms. The van der Waals surface area contributed by atoms with Crippen molar-refractivity contribution in [1.29, 1.82) is 0 Å². The molecule has 3 aliphatic rings. The van der Waals surface area contributed by atoms with Crippen LogP contribution in [0.4, 0.5) is 5.69 Å². The number of carbonyl (C=O) groups excluding carboxylic acids is 1. The second-order valence-electron chi connectivity index (χ2n) is 11.3. The summed E-state index contributed by atoms with van der Waals surface area (Å²) in [7, 11) is 0. The van der Waals surface area contributed by atoms with Crippen LogP contribution in [0.25, 0.3) is 16.2 Å². The van der Waals surface area contributed by atoms with Crippen LogP contribution in [0.2, 0.25) is 0 Å². The van der Waals surface area contributed by atoms with Gasteiger partial charge in [-0.05, 0) is 66.6 Å². The largest absolute Gasteiger partial charge is 1.00 e. The van der Waals surface area contributed by atoms with Gasteiger partial charge in [0.2, 0.25) is 0 Å². The van der Waals surface area contributed by atoms with Crippen molar-refractivity contribution in [2.45, 2.75) is 18.7 Å². The standard InChI is InChI=1S/C41H36N3OS3.HI/c1-4-26-44-37(28-36-43(6-3)38(30-20-12-8-13-21-30)39(47-36)31-22-14-9-15-23-31)48-40(41(44)45)32(29-18-10-7-11-19-29)27-35-42(5-2)33-24-16-17-25-34(33)46-35;/h4,7-25,27-28H,1,5-6,26H2,2-3H3;1H/q+1;/p-1/b35-27+,40-32-;. The van der Waals surface area contributed by atoms with Crippen molar-refractivity contribution in [3.63, 3.8) is 0 Å². The van der Waals surface area contributed by atoms with E-state index in [1.807, 2.05) is 28.9 Å². The van der Waals surface area contributed by atoms with Crippen LogP contribution in [-0.4, -0.2) is 40.1 Å². The molecule has 0 bridgehead atoms. The molecule has 0 aromatic heterocycles. The molecule has 246 valence electrons. The van der Waals surface area contributed by atoms with Gasteiger partial charge in [-0.1, -0.05) is 133 Å². The molecule has 0 unspecified atom stereocenters. The maximum atomic E-state index is 14.4. The van der Waals surface area contributed by atoms with Crippen LogP contribution in [0.3, 0.4) is 0 Å². The molecule has 0 aliphatic carbocycles. The molecule has 0 saturated carbocycles. The third-order valence-electron chi connectivity index (χ3n) is 8.38. The number of hydrogen-bond donors (Lipinski definition) is 0. The molecule has 4 aromatic rings. The van der Waals surface area contributed by atoms with Crippen molar-refractivity contribution in [1.82, 2.24) is 4.90 Å². The number of fused-ring (bicyclic) bond motifs is 1. The first kappa shape index (κ1) is 35.1. The van der Waals surface area contributed by atoms with Crippen molar-refractivity contribution < 1.29 is 33.3 Å². The van der Waals surface area contributed by atoms with Gasteiger partial charge < -0.3 is 33.8 Å². The zero-order valence-corrected chi connectivity index (χ0v) is 32.0. The fourth-order valence-corrected chi connectivity index (χ4v) is 9.81. The SMILES string of the molecule is C=CC[N+]1=C(/C=C2/SC(c3ccccc3)=C(c3ccccc3)N2CC)S/C(=C(/C=C2/Sc3ccccc3N2CC)c2ccccc2)C1=O.[I-]. The average Bonchev–Trinajstić information content (AvgIpc) is 3.79. The van der Waals surface area contributed by atoms with Crippen LogP contribution in [0.5, 0.6) is 0 Å². The summed E-state index contributed by atoms with van der Waals surface area (Å²) in [6.07, 6.45) is 6.21. The number of nitrogens with zero attached hydrogens (tertiary/aromatic N) is 3. The predicted molar refractivity (Wildman–Crippen MR) is 207 cm³/mol. The molecule has 4 aromatic carbocycles. The summed E-state index contributed by atoms with van der Waals surface area (Å²) in [5.74, 6) is -0.00316. The molecule has 0 fully saturated rings. The summed E-state index contributed by atoms with van der Waals surface area (Å²) in [6.45, 7) is 10.4. The number of anilines is 1. The zero-order chi connectivity index (χ0) is 33.0. The topological polar surface area (TPSA) is 26.6 Å². The molecule has 0 saturated heterocycles. The second kappa shape index (κ2) is 15.9. The molecule has 3 heterocycles. The van der Waals surface area contributed by atoms with E-state index in [4.69, 9.17) is 0 Å². The number of hydrogen-bond acceptors (Lipinski definition) is 6. The van der Waals surface area contributed by atoms with E-state index in [9.17, 15) is 4.79 Å². The fraction of sp³-hybridized carbons (Fsp3) is 0.122. The van der Waals surface area contributed by atoms with Gasteiger partial charge in [0.25, 0.3) is 5.04 Å². The highest BCUT2D eigenvalue weighted by atomic mass is 127. The average molecular weight is 810 g/mol. The molecular weight excluding hydrogens is 774 g/mol. The molecule has 49 heavy (non-hydrogen) atoms. The minimum absolute atomic E-state index is 0. The highest BCUT2D eigenvalue weighted by Gasteiger charge is 2.40. The lowest BCUT2D eigenvalue weighted by Crippen LogP contribution is -3.00. The van der Waals surface area contributed by atoms with Crippen molar-refractivity contribution >= 4 is 68.1 Å². The van der Waals surface area contributed by atoms with E-state index in [0.717, 1.165) is 44.2 Å². The third-order valence-corrected chi connectivity index (χ3v) is 11.8. The second-order valence-corrected chi connectivity index (χ2v) is 14.4. The third kappa shape index (κ3) is 7.01. The summed E-state index contributed by atoms with van der Waals surface area (Å²) < 4.78 is 1.87. The summed E-state index contributed by atoms with van der Waals surface area (Å²) in [5, 5.41) is 3.12. The van der Waals surface area contributed by atoms with Crippen molar-refractivity contribution in [2.75, 3.05) is 24.5 Å². The quantitative estimate of drug-likeness (QED) is 0.0771. The van der Waals surface area contributed by atoms with E-state index in [2.05, 4.69) is 139 Å². The number of amides is 1. The van der Waals surface area contributed by atoms with Gasteiger partial charge in [0, 0.05) is 34.5 Å². The normalized spacial score (nSPS) is 18.4. The van der Waals surface area contributed by atoms with Crippen molar-refractivity contribution in [2.24, 2.45) is 0 Å². The van der Waals surface area contributed by atoms with Crippen molar-refractivity contribution in [3.8, 4) is 0 Å². The number of rotatable bonds is 9. The monoisotopic (exact) mass is 809 g/mol. The van der Waals surface area contributed by atoms with Gasteiger partial charge in [0.15, 0.2) is 6.54 Å². The van der Waals surface area contributed by atoms with Crippen molar-refractivity contribution in [3.05, 3.63) is 172 Å². The predicted octanol–water partition coefficient (Wildman–Crippen LogP) is 7.18. The minimum Gasteiger partial charge on any atom is -1.00 e. The zero-order valence-electron chi connectivity index (χ0n) is 27.4. The van der Waals surface area contributed by atoms with Crippen LogP contribution in [0.1, 0.15) is 30.5 Å². The first-order chi connectivity index (χ1) is 23.6. The fourth-order valence-electron chi connectivity index (χ4n) is 6.15. The number of allylic oxidation sites excluding steroid dienone is 2. The highest BCUT2D eigenvalue weighted by molar-refractivity contribution is 8.19. The minimum atomic E-state index is -0.00316. The number of carbonyl (C=O) groups is 1. The maximum absolute atomic E-state index is 14.4. The first-order valence-corrected chi connectivity index (χ1v) is 18.6. The van der Waals surface area contributed by atoms with E-state index < -0.39 is 0 Å². The Labute approximate surface area is 319 Å². The summed E-state index contributed by atoms with van der Waals surface area (Å²) >= 11 is 5.08. The summed E-state index contributed by atoms with van der Waals surface area (Å²) in [4.78, 5) is 22.3. The van der Waals surface area contributed by atoms with E-state index >= 15 is 0 Å². The Kier molecular flexibility index (Phi) is 11.4. The molecule has 0 spiro atoms. The molecule has 7 rings (SSSR count). The Bertz CT molecular complexity index is 2040. The lowest BCUT2D eigenvalue weighted by molar-refractivity contribution is -0.428. The Hall–Kier alpha value is -3.70. The van der Waals surface area contributed by atoms with Crippen LogP contribution < -0.4 is 28.9 Å². The van der Waals surface area contributed by atoms with Gasteiger partial charge in [-0.15, -0.1) is 4.58 Å². The number of para-hydroxylation sites is 1. The molecular formula is C41H36IN3OS3.